The lowest BCUT2D eigenvalue weighted by Crippen LogP contribution is -2.24. The van der Waals surface area contributed by atoms with Crippen molar-refractivity contribution in [2.75, 3.05) is 16.8 Å². The molecule has 0 aliphatic carbocycles. The van der Waals surface area contributed by atoms with Gasteiger partial charge in [0.1, 0.15) is 5.82 Å². The molecule has 1 aromatic heterocycles. The minimum Gasteiger partial charge on any atom is -0.407 e. The Labute approximate surface area is 164 Å². The second-order valence-corrected chi connectivity index (χ2v) is 6.64. The number of aromatic nitrogens is 2. The van der Waals surface area contributed by atoms with Crippen molar-refractivity contribution in [1.29, 1.82) is 0 Å². The highest BCUT2D eigenvalue weighted by Gasteiger charge is 2.35. The molecule has 1 aliphatic rings. The maximum Gasteiger partial charge on any atom is 0.322 e. The van der Waals surface area contributed by atoms with Gasteiger partial charge < -0.3 is 9.32 Å². The molecular formula is C19H14ClFN4O3. The van der Waals surface area contributed by atoms with Crippen LogP contribution in [0.2, 0.25) is 5.02 Å². The lowest BCUT2D eigenvalue weighted by molar-refractivity contribution is -0.117. The van der Waals surface area contributed by atoms with Crippen LogP contribution in [0.4, 0.5) is 16.1 Å². The molecule has 0 radical (unpaired) electrons. The molecule has 0 bridgehead atoms. The van der Waals surface area contributed by atoms with Gasteiger partial charge in [0.25, 0.3) is 5.91 Å². The predicted molar refractivity (Wildman–Crippen MR) is 99.8 cm³/mol. The minimum absolute atomic E-state index is 0.0304. The van der Waals surface area contributed by atoms with E-state index in [9.17, 15) is 14.0 Å². The van der Waals surface area contributed by atoms with E-state index in [0.29, 0.717) is 6.54 Å². The first kappa shape index (κ1) is 18.1. The van der Waals surface area contributed by atoms with Crippen molar-refractivity contribution in [3.8, 4) is 0 Å². The number of anilines is 2. The number of carbonyl (C=O) groups excluding carboxylic acids is 2. The molecular weight excluding hydrogens is 387 g/mol. The van der Waals surface area contributed by atoms with E-state index in [1.807, 2.05) is 30.3 Å². The van der Waals surface area contributed by atoms with E-state index in [4.69, 9.17) is 16.0 Å². The van der Waals surface area contributed by atoms with Crippen molar-refractivity contribution in [1.82, 2.24) is 10.2 Å². The number of amides is 2. The predicted octanol–water partition coefficient (Wildman–Crippen LogP) is 3.63. The standard InChI is InChI=1S/C19H14ClFN4O3/c20-13-7-4-8-14(21)16(13)17(27)22-19-24-23-18(28-19)11-9-15(26)25(10-11)12-5-2-1-3-6-12/h1-8,11H,9-10H2,(H,22,24,27). The first-order chi connectivity index (χ1) is 13.5. The molecule has 0 saturated carbocycles. The largest absolute Gasteiger partial charge is 0.407 e. The maximum atomic E-state index is 13.8. The first-order valence-corrected chi connectivity index (χ1v) is 8.85. The molecule has 142 valence electrons. The van der Waals surface area contributed by atoms with Gasteiger partial charge in [0.15, 0.2) is 0 Å². The summed E-state index contributed by atoms with van der Waals surface area (Å²) in [6.07, 6.45) is 0.212. The second kappa shape index (κ2) is 7.40. The Morgan fingerprint density at radius 1 is 1.18 bits per heavy atom. The van der Waals surface area contributed by atoms with E-state index >= 15 is 0 Å². The topological polar surface area (TPSA) is 88.3 Å². The second-order valence-electron chi connectivity index (χ2n) is 6.24. The van der Waals surface area contributed by atoms with E-state index in [0.717, 1.165) is 11.8 Å². The van der Waals surface area contributed by atoms with Crippen LogP contribution in [0, 0.1) is 5.82 Å². The summed E-state index contributed by atoms with van der Waals surface area (Å²) in [6.45, 7) is 0.386. The van der Waals surface area contributed by atoms with Crippen molar-refractivity contribution >= 4 is 35.1 Å². The fraction of sp³-hybridized carbons (Fsp3) is 0.158. The van der Waals surface area contributed by atoms with Gasteiger partial charge in [-0.3, -0.25) is 14.9 Å². The van der Waals surface area contributed by atoms with Gasteiger partial charge in [0.2, 0.25) is 11.8 Å². The SMILES string of the molecule is O=C(Nc1nnc(C2CC(=O)N(c3ccccc3)C2)o1)c1c(F)cccc1Cl. The number of halogens is 2. The Bertz CT molecular complexity index is 1020. The van der Waals surface area contributed by atoms with Crippen LogP contribution in [0.5, 0.6) is 0 Å². The third-order valence-corrected chi connectivity index (χ3v) is 4.71. The Morgan fingerprint density at radius 2 is 1.96 bits per heavy atom. The van der Waals surface area contributed by atoms with Gasteiger partial charge in [-0.1, -0.05) is 41.0 Å². The fourth-order valence-corrected chi connectivity index (χ4v) is 3.30. The zero-order valence-electron chi connectivity index (χ0n) is 14.4. The van der Waals surface area contributed by atoms with Crippen molar-refractivity contribution in [2.24, 2.45) is 0 Å². The van der Waals surface area contributed by atoms with Crippen LogP contribution >= 0.6 is 11.6 Å². The van der Waals surface area contributed by atoms with Gasteiger partial charge in [-0.2, -0.15) is 0 Å². The van der Waals surface area contributed by atoms with Gasteiger partial charge >= 0.3 is 6.01 Å². The molecule has 1 saturated heterocycles. The molecule has 4 rings (SSSR count). The molecule has 1 fully saturated rings. The van der Waals surface area contributed by atoms with Gasteiger partial charge in [0, 0.05) is 18.7 Å². The van der Waals surface area contributed by atoms with E-state index in [2.05, 4.69) is 15.5 Å². The Balaban J connectivity index is 1.48. The Kier molecular flexibility index (Phi) is 4.79. The number of nitrogens with one attached hydrogen (secondary N) is 1. The van der Waals surface area contributed by atoms with E-state index in [1.54, 1.807) is 4.90 Å². The number of hydrogen-bond donors (Lipinski definition) is 1. The molecule has 2 amide bonds. The molecule has 2 heterocycles. The summed E-state index contributed by atoms with van der Waals surface area (Å²) in [4.78, 5) is 26.2. The monoisotopic (exact) mass is 400 g/mol. The summed E-state index contributed by atoms with van der Waals surface area (Å²) in [7, 11) is 0. The van der Waals surface area contributed by atoms with Crippen LogP contribution in [-0.2, 0) is 4.79 Å². The maximum absolute atomic E-state index is 13.8. The van der Waals surface area contributed by atoms with Crippen LogP contribution in [0.3, 0.4) is 0 Å². The van der Waals surface area contributed by atoms with Crippen LogP contribution in [-0.4, -0.2) is 28.6 Å². The molecule has 7 nitrogen and oxygen atoms in total. The fourth-order valence-electron chi connectivity index (χ4n) is 3.05. The first-order valence-electron chi connectivity index (χ1n) is 8.47. The summed E-state index contributed by atoms with van der Waals surface area (Å²) in [5, 5.41) is 9.98. The quantitative estimate of drug-likeness (QED) is 0.722. The third-order valence-electron chi connectivity index (χ3n) is 4.39. The van der Waals surface area contributed by atoms with E-state index in [-0.39, 0.29) is 40.7 Å². The lowest BCUT2D eigenvalue weighted by Gasteiger charge is -2.15. The summed E-state index contributed by atoms with van der Waals surface area (Å²) < 4.78 is 19.3. The van der Waals surface area contributed by atoms with Crippen LogP contribution in [0.25, 0.3) is 0 Å². The molecule has 1 N–H and O–H groups in total. The number of rotatable bonds is 4. The summed E-state index contributed by atoms with van der Waals surface area (Å²) in [6, 6.07) is 13.0. The van der Waals surface area contributed by atoms with Crippen LogP contribution < -0.4 is 10.2 Å². The highest BCUT2D eigenvalue weighted by Crippen LogP contribution is 2.31. The van der Waals surface area contributed by atoms with Crippen LogP contribution in [0.1, 0.15) is 28.6 Å². The lowest BCUT2D eigenvalue weighted by atomic mass is 10.1. The molecule has 28 heavy (non-hydrogen) atoms. The minimum atomic E-state index is -0.799. The van der Waals surface area contributed by atoms with Crippen LogP contribution in [0.15, 0.2) is 52.9 Å². The van der Waals surface area contributed by atoms with Gasteiger partial charge in [-0.25, -0.2) is 4.39 Å². The summed E-state index contributed by atoms with van der Waals surface area (Å²) in [5.74, 6) is -1.70. The van der Waals surface area contributed by atoms with Crippen molar-refractivity contribution < 1.29 is 18.4 Å². The number of hydrogen-bond acceptors (Lipinski definition) is 5. The average molecular weight is 401 g/mol. The van der Waals surface area contributed by atoms with Gasteiger partial charge in [-0.05, 0) is 24.3 Å². The Morgan fingerprint density at radius 3 is 2.71 bits per heavy atom. The van der Waals surface area contributed by atoms with Gasteiger partial charge in [-0.15, -0.1) is 5.10 Å². The highest BCUT2D eigenvalue weighted by atomic mass is 35.5. The number of carbonyl (C=O) groups is 2. The zero-order valence-corrected chi connectivity index (χ0v) is 15.2. The Hall–Kier alpha value is -3.26. The number of para-hydroxylation sites is 1. The molecule has 0 spiro atoms. The number of benzene rings is 2. The van der Waals surface area contributed by atoms with Crippen molar-refractivity contribution in [2.45, 2.75) is 12.3 Å². The average Bonchev–Trinajstić information content (AvgIpc) is 3.29. The van der Waals surface area contributed by atoms with Gasteiger partial charge in [0.05, 0.1) is 16.5 Å². The molecule has 1 aliphatic heterocycles. The molecule has 2 aromatic carbocycles. The summed E-state index contributed by atoms with van der Waals surface area (Å²) in [5.41, 5.74) is 0.479. The third kappa shape index (κ3) is 3.46. The van der Waals surface area contributed by atoms with E-state index in [1.165, 1.54) is 12.1 Å². The van der Waals surface area contributed by atoms with E-state index < -0.39 is 11.7 Å². The smallest absolute Gasteiger partial charge is 0.322 e. The molecule has 3 aromatic rings. The van der Waals surface area contributed by atoms with Crippen molar-refractivity contribution in [3.05, 3.63) is 70.8 Å². The molecule has 1 atom stereocenters. The number of nitrogens with zero attached hydrogens (tertiary/aromatic N) is 3. The molecule has 1 unspecified atom stereocenters. The normalized spacial score (nSPS) is 16.4. The summed E-state index contributed by atoms with van der Waals surface area (Å²) >= 11 is 5.88. The van der Waals surface area contributed by atoms with Crippen molar-refractivity contribution in [3.63, 3.8) is 0 Å². The highest BCUT2D eigenvalue weighted by molar-refractivity contribution is 6.34. The zero-order chi connectivity index (χ0) is 19.7. The molecule has 9 heteroatoms.